The second kappa shape index (κ2) is 6.68. The van der Waals surface area contributed by atoms with Crippen molar-refractivity contribution in [3.63, 3.8) is 0 Å². The van der Waals surface area contributed by atoms with Gasteiger partial charge in [0.2, 0.25) is 0 Å². The first-order valence-electron chi connectivity index (χ1n) is 4.93. The Labute approximate surface area is 94.3 Å². The lowest BCUT2D eigenvalue weighted by Crippen LogP contribution is -2.27. The van der Waals surface area contributed by atoms with E-state index in [2.05, 4.69) is 10.3 Å². The van der Waals surface area contributed by atoms with E-state index in [9.17, 15) is 4.79 Å². The summed E-state index contributed by atoms with van der Waals surface area (Å²) in [6.07, 6.45) is 0. The van der Waals surface area contributed by atoms with E-state index in [4.69, 9.17) is 9.47 Å². The van der Waals surface area contributed by atoms with Gasteiger partial charge in [-0.15, -0.1) is 0 Å². The third-order valence-corrected chi connectivity index (χ3v) is 1.72. The molecule has 5 heteroatoms. The highest BCUT2D eigenvalue weighted by Gasteiger charge is 2.01. The normalized spacial score (nSPS) is 9.62. The average Bonchev–Trinajstić information content (AvgIpc) is 2.29. The molecular weight excluding hydrogens is 210 g/mol. The van der Waals surface area contributed by atoms with Gasteiger partial charge in [0.15, 0.2) is 6.61 Å². The summed E-state index contributed by atoms with van der Waals surface area (Å²) in [5.74, 6) is 1.04. The highest BCUT2D eigenvalue weighted by molar-refractivity contribution is 5.76. The number of hydroxylamine groups is 1. The molecule has 0 spiro atoms. The van der Waals surface area contributed by atoms with Crippen LogP contribution in [0.5, 0.6) is 11.5 Å². The second-order valence-corrected chi connectivity index (χ2v) is 2.92. The number of benzene rings is 1. The van der Waals surface area contributed by atoms with Crippen LogP contribution in [0.1, 0.15) is 6.92 Å². The van der Waals surface area contributed by atoms with Crippen LogP contribution in [-0.4, -0.2) is 26.2 Å². The number of hydrogen-bond acceptors (Lipinski definition) is 4. The molecule has 0 unspecified atom stereocenters. The topological polar surface area (TPSA) is 56.8 Å². The van der Waals surface area contributed by atoms with Crippen LogP contribution in [0.3, 0.4) is 0 Å². The van der Waals surface area contributed by atoms with E-state index in [0.29, 0.717) is 12.4 Å². The highest BCUT2D eigenvalue weighted by atomic mass is 16.6. The summed E-state index contributed by atoms with van der Waals surface area (Å²) in [6.45, 7) is 2.46. The number of rotatable bonds is 6. The third-order valence-electron chi connectivity index (χ3n) is 1.72. The standard InChI is InChI=1S/C11H15NO4/c1-3-15-9-4-6-10(7-5-9)16-8-11(13)12-14-2/h4-7H,3,8H2,1-2H3,(H,12,13). The number of carbonyl (C=O) groups excluding carboxylic acids is 1. The maximum Gasteiger partial charge on any atom is 0.281 e. The minimum atomic E-state index is -0.337. The summed E-state index contributed by atoms with van der Waals surface area (Å²) in [4.78, 5) is 15.4. The predicted octanol–water partition coefficient (Wildman–Crippen LogP) is 1.14. The maximum absolute atomic E-state index is 11.0. The van der Waals surface area contributed by atoms with Crippen molar-refractivity contribution in [1.82, 2.24) is 5.48 Å². The van der Waals surface area contributed by atoms with E-state index in [1.54, 1.807) is 24.3 Å². The molecule has 16 heavy (non-hydrogen) atoms. The molecule has 1 rings (SSSR count). The van der Waals surface area contributed by atoms with Crippen LogP contribution in [0, 0.1) is 0 Å². The molecular formula is C11H15NO4. The first kappa shape index (κ1) is 12.3. The zero-order valence-corrected chi connectivity index (χ0v) is 9.36. The van der Waals surface area contributed by atoms with Crippen LogP contribution in [0.4, 0.5) is 0 Å². The first-order chi connectivity index (χ1) is 7.76. The smallest absolute Gasteiger partial charge is 0.281 e. The minimum Gasteiger partial charge on any atom is -0.494 e. The number of ether oxygens (including phenoxy) is 2. The van der Waals surface area contributed by atoms with Crippen LogP contribution >= 0.6 is 0 Å². The maximum atomic E-state index is 11.0. The van der Waals surface area contributed by atoms with E-state index in [0.717, 1.165) is 5.75 Å². The molecule has 1 aromatic carbocycles. The minimum absolute atomic E-state index is 0.0815. The van der Waals surface area contributed by atoms with Crippen molar-refractivity contribution in [2.45, 2.75) is 6.92 Å². The molecule has 0 aliphatic heterocycles. The van der Waals surface area contributed by atoms with Crippen molar-refractivity contribution >= 4 is 5.91 Å². The largest absolute Gasteiger partial charge is 0.494 e. The molecule has 1 aromatic rings. The molecule has 0 saturated heterocycles. The van der Waals surface area contributed by atoms with Crippen molar-refractivity contribution < 1.29 is 19.1 Å². The van der Waals surface area contributed by atoms with Gasteiger partial charge in [-0.3, -0.25) is 9.63 Å². The molecule has 0 fully saturated rings. The van der Waals surface area contributed by atoms with Gasteiger partial charge in [-0.2, -0.15) is 0 Å². The Balaban J connectivity index is 2.40. The SMILES string of the molecule is CCOc1ccc(OCC(=O)NOC)cc1. The molecule has 1 amide bonds. The lowest BCUT2D eigenvalue weighted by Gasteiger charge is -2.07. The summed E-state index contributed by atoms with van der Waals surface area (Å²) < 4.78 is 10.5. The van der Waals surface area contributed by atoms with Crippen molar-refractivity contribution in [1.29, 1.82) is 0 Å². The molecule has 1 N–H and O–H groups in total. The van der Waals surface area contributed by atoms with Crippen molar-refractivity contribution in [3.8, 4) is 11.5 Å². The number of amides is 1. The number of nitrogens with one attached hydrogen (secondary N) is 1. The van der Waals surface area contributed by atoms with E-state index in [-0.39, 0.29) is 12.5 Å². The molecule has 0 saturated carbocycles. The van der Waals surface area contributed by atoms with Crippen LogP contribution < -0.4 is 15.0 Å². The lowest BCUT2D eigenvalue weighted by molar-refractivity contribution is -0.133. The van der Waals surface area contributed by atoms with Gasteiger partial charge in [-0.25, -0.2) is 5.48 Å². The second-order valence-electron chi connectivity index (χ2n) is 2.92. The Bertz CT molecular complexity index is 323. The Kier molecular flexibility index (Phi) is 5.15. The van der Waals surface area contributed by atoms with E-state index >= 15 is 0 Å². The van der Waals surface area contributed by atoms with Gasteiger partial charge < -0.3 is 9.47 Å². The van der Waals surface area contributed by atoms with E-state index < -0.39 is 0 Å². The average molecular weight is 225 g/mol. The van der Waals surface area contributed by atoms with Crippen molar-refractivity contribution in [2.75, 3.05) is 20.3 Å². The summed E-state index contributed by atoms with van der Waals surface area (Å²) in [6, 6.07) is 7.05. The van der Waals surface area contributed by atoms with Gasteiger partial charge in [0, 0.05) is 0 Å². The Morgan fingerprint density at radius 2 is 1.75 bits per heavy atom. The first-order valence-corrected chi connectivity index (χ1v) is 4.93. The summed E-state index contributed by atoms with van der Waals surface area (Å²) in [5, 5.41) is 0. The summed E-state index contributed by atoms with van der Waals surface area (Å²) in [7, 11) is 1.37. The van der Waals surface area contributed by atoms with Gasteiger partial charge in [0.05, 0.1) is 13.7 Å². The third kappa shape index (κ3) is 4.18. The zero-order chi connectivity index (χ0) is 11.8. The van der Waals surface area contributed by atoms with E-state index in [1.165, 1.54) is 7.11 Å². The summed E-state index contributed by atoms with van der Waals surface area (Å²) in [5.41, 5.74) is 2.16. The van der Waals surface area contributed by atoms with Crippen molar-refractivity contribution in [3.05, 3.63) is 24.3 Å². The molecule has 0 heterocycles. The molecule has 0 bridgehead atoms. The van der Waals surface area contributed by atoms with E-state index in [1.807, 2.05) is 6.92 Å². The van der Waals surface area contributed by atoms with Crippen LogP contribution in [0.15, 0.2) is 24.3 Å². The van der Waals surface area contributed by atoms with Crippen LogP contribution in [-0.2, 0) is 9.63 Å². The Morgan fingerprint density at radius 1 is 1.19 bits per heavy atom. The molecule has 88 valence electrons. The quantitative estimate of drug-likeness (QED) is 0.738. The highest BCUT2D eigenvalue weighted by Crippen LogP contribution is 2.17. The lowest BCUT2D eigenvalue weighted by atomic mass is 10.3. The fourth-order valence-corrected chi connectivity index (χ4v) is 1.09. The fourth-order valence-electron chi connectivity index (χ4n) is 1.09. The van der Waals surface area contributed by atoms with Gasteiger partial charge >= 0.3 is 0 Å². The van der Waals surface area contributed by atoms with Crippen molar-refractivity contribution in [2.24, 2.45) is 0 Å². The molecule has 0 aliphatic rings. The van der Waals surface area contributed by atoms with Crippen LogP contribution in [0.25, 0.3) is 0 Å². The van der Waals surface area contributed by atoms with Gasteiger partial charge in [0.1, 0.15) is 11.5 Å². The monoisotopic (exact) mass is 225 g/mol. The Hall–Kier alpha value is -1.75. The molecule has 0 aromatic heterocycles. The zero-order valence-electron chi connectivity index (χ0n) is 9.36. The fraction of sp³-hybridized carbons (Fsp3) is 0.364. The Morgan fingerprint density at radius 3 is 2.25 bits per heavy atom. The molecule has 0 radical (unpaired) electrons. The molecule has 0 atom stereocenters. The molecule has 0 aliphatic carbocycles. The predicted molar refractivity (Wildman–Crippen MR) is 58.3 cm³/mol. The molecule has 5 nitrogen and oxygen atoms in total. The van der Waals surface area contributed by atoms with Gasteiger partial charge in [-0.05, 0) is 31.2 Å². The van der Waals surface area contributed by atoms with Gasteiger partial charge in [-0.1, -0.05) is 0 Å². The number of carbonyl (C=O) groups is 1. The van der Waals surface area contributed by atoms with Gasteiger partial charge in [0.25, 0.3) is 5.91 Å². The summed E-state index contributed by atoms with van der Waals surface area (Å²) >= 11 is 0. The number of hydrogen-bond donors (Lipinski definition) is 1. The van der Waals surface area contributed by atoms with Crippen LogP contribution in [0.2, 0.25) is 0 Å².